The van der Waals surface area contributed by atoms with E-state index in [-0.39, 0.29) is 0 Å². The molecule has 0 aliphatic heterocycles. The third kappa shape index (κ3) is 9.34. The van der Waals surface area contributed by atoms with E-state index in [9.17, 15) is 0 Å². The van der Waals surface area contributed by atoms with Crippen LogP contribution in [0.25, 0.3) is 0 Å². The molecule has 1 atom stereocenters. The molecule has 0 radical (unpaired) electrons. The van der Waals surface area contributed by atoms with E-state index in [1.54, 1.807) is 0 Å². The molecule has 1 unspecified atom stereocenters. The van der Waals surface area contributed by atoms with E-state index in [1.165, 1.54) is 96.3 Å². The van der Waals surface area contributed by atoms with E-state index in [4.69, 9.17) is 4.52 Å². The maximum absolute atomic E-state index is 5.51. The zero-order valence-corrected chi connectivity index (χ0v) is 13.3. The predicted molar refractivity (Wildman–Crippen MR) is 83.8 cm³/mol. The van der Waals surface area contributed by atoms with Crippen molar-refractivity contribution in [2.45, 2.75) is 102 Å². The molecule has 0 N–H and O–H groups in total. The number of rotatable bonds is 1. The van der Waals surface area contributed by atoms with Crippen molar-refractivity contribution in [2.75, 3.05) is 0 Å². The first-order chi connectivity index (χ1) is 8.93. The lowest BCUT2D eigenvalue weighted by atomic mass is 10.00. The summed E-state index contributed by atoms with van der Waals surface area (Å²) in [6.45, 7) is 0. The monoisotopic (exact) mass is 272 g/mol. The summed E-state index contributed by atoms with van der Waals surface area (Å²) >= 11 is 0. The molecule has 1 rings (SSSR count). The Morgan fingerprint density at radius 2 is 0.778 bits per heavy atom. The van der Waals surface area contributed by atoms with E-state index in [0.29, 0.717) is 6.10 Å². The van der Waals surface area contributed by atoms with Gasteiger partial charge in [-0.1, -0.05) is 83.5 Å². The maximum Gasteiger partial charge on any atom is 0.0610 e. The van der Waals surface area contributed by atoms with E-state index in [1.807, 2.05) is 0 Å². The molecule has 1 fully saturated rings. The zero-order valence-electron chi connectivity index (χ0n) is 12.2. The average Bonchev–Trinajstić information content (AvgIpc) is 2.39. The van der Waals surface area contributed by atoms with Gasteiger partial charge in [0.15, 0.2) is 0 Å². The Morgan fingerprint density at radius 1 is 0.500 bits per heavy atom. The van der Waals surface area contributed by atoms with Crippen molar-refractivity contribution in [1.82, 2.24) is 0 Å². The molecule has 0 bridgehead atoms. The third-order valence-electron chi connectivity index (χ3n) is 4.24. The molecule has 0 aromatic heterocycles. The van der Waals surface area contributed by atoms with E-state index in [2.05, 4.69) is 9.47 Å². The van der Waals surface area contributed by atoms with Crippen LogP contribution in [0.2, 0.25) is 0 Å². The SMILES string of the molecule is POC1CCCCCCCCCCCCCCC1. The van der Waals surface area contributed by atoms with Crippen LogP contribution in [0, 0.1) is 0 Å². The summed E-state index contributed by atoms with van der Waals surface area (Å²) in [5.74, 6) is 0. The zero-order chi connectivity index (χ0) is 12.9. The molecule has 1 aliphatic carbocycles. The van der Waals surface area contributed by atoms with Crippen LogP contribution in [-0.4, -0.2) is 6.10 Å². The first-order valence-corrected chi connectivity index (χ1v) is 8.76. The largest absolute Gasteiger partial charge is 0.362 e. The summed E-state index contributed by atoms with van der Waals surface area (Å²) in [5, 5.41) is 0. The highest BCUT2D eigenvalue weighted by Crippen LogP contribution is 2.19. The lowest BCUT2D eigenvalue weighted by Crippen LogP contribution is -2.07. The second-order valence-electron chi connectivity index (χ2n) is 5.93. The number of hydrogen-bond acceptors (Lipinski definition) is 1. The second-order valence-corrected chi connectivity index (χ2v) is 6.20. The Hall–Kier alpha value is 0.390. The minimum Gasteiger partial charge on any atom is -0.362 e. The van der Waals surface area contributed by atoms with Crippen LogP contribution < -0.4 is 0 Å². The van der Waals surface area contributed by atoms with Gasteiger partial charge in [-0.2, -0.15) is 0 Å². The molecular formula is C16H33OP. The van der Waals surface area contributed by atoms with E-state index in [0.717, 1.165) is 0 Å². The summed E-state index contributed by atoms with van der Waals surface area (Å²) in [4.78, 5) is 0. The fraction of sp³-hybridized carbons (Fsp3) is 1.00. The van der Waals surface area contributed by atoms with Crippen molar-refractivity contribution in [3.05, 3.63) is 0 Å². The Labute approximate surface area is 117 Å². The highest BCUT2D eigenvalue weighted by Gasteiger charge is 2.07. The van der Waals surface area contributed by atoms with Gasteiger partial charge in [0.1, 0.15) is 0 Å². The topological polar surface area (TPSA) is 9.23 Å². The normalized spacial score (nSPS) is 23.8. The average molecular weight is 272 g/mol. The summed E-state index contributed by atoms with van der Waals surface area (Å²) in [5.41, 5.74) is 0. The Balaban J connectivity index is 2.15. The van der Waals surface area contributed by atoms with Crippen LogP contribution in [0.3, 0.4) is 0 Å². The highest BCUT2D eigenvalue weighted by molar-refractivity contribution is 7.09. The minimum atomic E-state index is 0.503. The smallest absolute Gasteiger partial charge is 0.0610 e. The van der Waals surface area contributed by atoms with Gasteiger partial charge < -0.3 is 4.52 Å². The first kappa shape index (κ1) is 16.4. The summed E-state index contributed by atoms with van der Waals surface area (Å²) in [6, 6.07) is 0. The molecule has 1 saturated carbocycles. The standard InChI is InChI=1S/C16H33OP/c18-17-16-14-12-10-8-6-4-2-1-3-5-7-9-11-13-15-16/h16H,1-15,18H2. The molecule has 108 valence electrons. The molecule has 0 spiro atoms. The van der Waals surface area contributed by atoms with Crippen molar-refractivity contribution in [1.29, 1.82) is 0 Å². The summed E-state index contributed by atoms with van der Waals surface area (Å²) in [7, 11) is 2.47. The quantitative estimate of drug-likeness (QED) is 0.530. The van der Waals surface area contributed by atoms with Gasteiger partial charge in [0.25, 0.3) is 0 Å². The van der Waals surface area contributed by atoms with Gasteiger partial charge in [0.2, 0.25) is 0 Å². The van der Waals surface area contributed by atoms with Crippen molar-refractivity contribution < 1.29 is 4.52 Å². The fourth-order valence-electron chi connectivity index (χ4n) is 2.97. The summed E-state index contributed by atoms with van der Waals surface area (Å²) < 4.78 is 5.51. The van der Waals surface area contributed by atoms with Crippen molar-refractivity contribution in [2.24, 2.45) is 0 Å². The predicted octanol–water partition coefficient (Wildman–Crippen LogP) is 6.03. The lowest BCUT2D eigenvalue weighted by Gasteiger charge is -2.15. The molecule has 0 aromatic rings. The van der Waals surface area contributed by atoms with Crippen LogP contribution in [0.15, 0.2) is 0 Å². The van der Waals surface area contributed by atoms with E-state index < -0.39 is 0 Å². The molecular weight excluding hydrogens is 239 g/mol. The van der Waals surface area contributed by atoms with Gasteiger partial charge in [0, 0.05) is 9.47 Å². The maximum atomic E-state index is 5.51. The minimum absolute atomic E-state index is 0.503. The van der Waals surface area contributed by atoms with E-state index >= 15 is 0 Å². The molecule has 0 saturated heterocycles. The Bertz CT molecular complexity index is 156. The molecule has 0 aromatic carbocycles. The molecule has 0 heterocycles. The van der Waals surface area contributed by atoms with Crippen molar-refractivity contribution >= 4 is 9.47 Å². The number of hydrogen-bond donors (Lipinski definition) is 0. The van der Waals surface area contributed by atoms with Crippen LogP contribution in [0.4, 0.5) is 0 Å². The van der Waals surface area contributed by atoms with Gasteiger partial charge in [-0.3, -0.25) is 0 Å². The van der Waals surface area contributed by atoms with Gasteiger partial charge in [-0.05, 0) is 12.8 Å². The fourth-order valence-corrected chi connectivity index (χ4v) is 3.24. The molecule has 1 nitrogen and oxygen atoms in total. The molecule has 1 aliphatic rings. The van der Waals surface area contributed by atoms with Crippen molar-refractivity contribution in [3.63, 3.8) is 0 Å². The molecule has 18 heavy (non-hydrogen) atoms. The first-order valence-electron chi connectivity index (χ1n) is 8.29. The molecule has 0 amide bonds. The highest BCUT2D eigenvalue weighted by atomic mass is 31.0. The second kappa shape index (κ2) is 12.4. The Morgan fingerprint density at radius 3 is 1.06 bits per heavy atom. The summed E-state index contributed by atoms with van der Waals surface area (Å²) in [6.07, 6.45) is 21.7. The van der Waals surface area contributed by atoms with Crippen LogP contribution in [0.5, 0.6) is 0 Å². The van der Waals surface area contributed by atoms with Gasteiger partial charge in [0.05, 0.1) is 6.10 Å². The van der Waals surface area contributed by atoms with Crippen LogP contribution >= 0.6 is 9.47 Å². The Kier molecular flexibility index (Phi) is 11.4. The van der Waals surface area contributed by atoms with Gasteiger partial charge in [-0.25, -0.2) is 0 Å². The lowest BCUT2D eigenvalue weighted by molar-refractivity contribution is 0.204. The third-order valence-corrected chi connectivity index (χ3v) is 4.63. The van der Waals surface area contributed by atoms with Gasteiger partial charge >= 0.3 is 0 Å². The van der Waals surface area contributed by atoms with Crippen LogP contribution in [0.1, 0.15) is 96.3 Å². The van der Waals surface area contributed by atoms with Crippen LogP contribution in [-0.2, 0) is 4.52 Å². The van der Waals surface area contributed by atoms with Gasteiger partial charge in [-0.15, -0.1) is 0 Å². The molecule has 2 heteroatoms. The van der Waals surface area contributed by atoms with Crippen molar-refractivity contribution in [3.8, 4) is 0 Å².